The molecule has 0 saturated heterocycles. The molecule has 1 aromatic rings. The second kappa shape index (κ2) is 7.95. The molecule has 0 aromatic heterocycles. The molecule has 0 bridgehead atoms. The highest BCUT2D eigenvalue weighted by atomic mass is 16.5. The zero-order valence-corrected chi connectivity index (χ0v) is 10.0. The normalized spacial score (nSPS) is 10.5. The average Bonchev–Trinajstić information content (AvgIpc) is 2.34. The van der Waals surface area contributed by atoms with Crippen LogP contribution in [0, 0.1) is 0 Å². The van der Waals surface area contributed by atoms with E-state index in [2.05, 4.69) is 0 Å². The Labute approximate surface area is 101 Å². The maximum Gasteiger partial charge on any atom is 0.159 e. The number of carbonyl (C=O) groups excluding carboxylic acids is 1. The van der Waals surface area contributed by atoms with E-state index in [0.717, 1.165) is 5.56 Å². The SMILES string of the molecule is CC(=O)c1ccc(COCCOCCO)cc1. The Hall–Kier alpha value is -1.23. The quantitative estimate of drug-likeness (QED) is 0.549. The third-order valence-electron chi connectivity index (χ3n) is 2.24. The van der Waals surface area contributed by atoms with Gasteiger partial charge >= 0.3 is 0 Å². The number of rotatable bonds is 8. The molecule has 94 valence electrons. The van der Waals surface area contributed by atoms with Crippen LogP contribution in [-0.2, 0) is 16.1 Å². The van der Waals surface area contributed by atoms with E-state index in [4.69, 9.17) is 14.6 Å². The largest absolute Gasteiger partial charge is 0.394 e. The van der Waals surface area contributed by atoms with Gasteiger partial charge in [0.1, 0.15) is 0 Å². The zero-order chi connectivity index (χ0) is 12.5. The number of aliphatic hydroxyl groups is 1. The lowest BCUT2D eigenvalue weighted by molar-refractivity contribution is 0.0274. The molecule has 0 aliphatic rings. The molecular weight excluding hydrogens is 220 g/mol. The smallest absolute Gasteiger partial charge is 0.159 e. The van der Waals surface area contributed by atoms with Crippen molar-refractivity contribution in [1.82, 2.24) is 0 Å². The first-order valence-corrected chi connectivity index (χ1v) is 5.60. The minimum atomic E-state index is 0.0342. The van der Waals surface area contributed by atoms with Crippen molar-refractivity contribution in [2.75, 3.05) is 26.4 Å². The summed E-state index contributed by atoms with van der Waals surface area (Å²) in [6.45, 7) is 3.40. The van der Waals surface area contributed by atoms with Crippen molar-refractivity contribution in [1.29, 1.82) is 0 Å². The Morgan fingerprint density at radius 2 is 1.76 bits per heavy atom. The van der Waals surface area contributed by atoms with Crippen LogP contribution in [0.15, 0.2) is 24.3 Å². The van der Waals surface area contributed by atoms with Gasteiger partial charge in [-0.2, -0.15) is 0 Å². The van der Waals surface area contributed by atoms with E-state index in [1.807, 2.05) is 12.1 Å². The topological polar surface area (TPSA) is 55.8 Å². The van der Waals surface area contributed by atoms with Gasteiger partial charge in [-0.25, -0.2) is 0 Å². The number of carbonyl (C=O) groups is 1. The number of hydrogen-bond donors (Lipinski definition) is 1. The summed E-state index contributed by atoms with van der Waals surface area (Å²) in [6.07, 6.45) is 0. The van der Waals surface area contributed by atoms with Crippen LogP contribution < -0.4 is 0 Å². The lowest BCUT2D eigenvalue weighted by Gasteiger charge is -2.05. The van der Waals surface area contributed by atoms with Crippen molar-refractivity contribution in [2.45, 2.75) is 13.5 Å². The van der Waals surface area contributed by atoms with E-state index < -0.39 is 0 Å². The van der Waals surface area contributed by atoms with Crippen molar-refractivity contribution in [3.05, 3.63) is 35.4 Å². The second-order valence-electron chi connectivity index (χ2n) is 3.64. The Balaban J connectivity index is 2.21. The van der Waals surface area contributed by atoms with Crippen molar-refractivity contribution < 1.29 is 19.4 Å². The monoisotopic (exact) mass is 238 g/mol. The van der Waals surface area contributed by atoms with Crippen molar-refractivity contribution in [3.8, 4) is 0 Å². The molecule has 17 heavy (non-hydrogen) atoms. The molecule has 4 heteroatoms. The van der Waals surface area contributed by atoms with Crippen LogP contribution in [-0.4, -0.2) is 37.3 Å². The average molecular weight is 238 g/mol. The number of ether oxygens (including phenoxy) is 2. The summed E-state index contributed by atoms with van der Waals surface area (Å²) in [5.41, 5.74) is 1.73. The number of ketones is 1. The highest BCUT2D eigenvalue weighted by Gasteiger charge is 1.99. The Kier molecular flexibility index (Phi) is 6.47. The summed E-state index contributed by atoms with van der Waals surface area (Å²) >= 11 is 0. The minimum absolute atomic E-state index is 0.0342. The third kappa shape index (κ3) is 5.58. The summed E-state index contributed by atoms with van der Waals surface area (Å²) in [5, 5.41) is 8.48. The van der Waals surface area contributed by atoms with E-state index in [0.29, 0.717) is 32.0 Å². The molecule has 0 aliphatic heterocycles. The van der Waals surface area contributed by atoms with Gasteiger partial charge < -0.3 is 14.6 Å². The van der Waals surface area contributed by atoms with Crippen LogP contribution in [0.1, 0.15) is 22.8 Å². The first-order valence-electron chi connectivity index (χ1n) is 5.60. The van der Waals surface area contributed by atoms with E-state index in [1.165, 1.54) is 0 Å². The number of benzene rings is 1. The maximum absolute atomic E-state index is 11.0. The van der Waals surface area contributed by atoms with Crippen LogP contribution in [0.5, 0.6) is 0 Å². The molecule has 0 atom stereocenters. The number of Topliss-reactive ketones (excluding diaryl/α,β-unsaturated/α-hetero) is 1. The fourth-order valence-corrected chi connectivity index (χ4v) is 1.31. The molecule has 4 nitrogen and oxygen atoms in total. The zero-order valence-electron chi connectivity index (χ0n) is 10.0. The first kappa shape index (κ1) is 13.8. The number of hydrogen-bond acceptors (Lipinski definition) is 4. The molecule has 1 rings (SSSR count). The highest BCUT2D eigenvalue weighted by molar-refractivity contribution is 5.93. The standard InChI is InChI=1S/C13H18O4/c1-11(15)13-4-2-12(3-5-13)10-17-9-8-16-7-6-14/h2-5,14H,6-10H2,1H3. The Morgan fingerprint density at radius 1 is 1.12 bits per heavy atom. The molecule has 0 spiro atoms. The maximum atomic E-state index is 11.0. The Bertz CT molecular complexity index is 332. The van der Waals surface area contributed by atoms with E-state index in [-0.39, 0.29) is 12.4 Å². The van der Waals surface area contributed by atoms with Crippen molar-refractivity contribution in [3.63, 3.8) is 0 Å². The molecule has 0 saturated carbocycles. The highest BCUT2D eigenvalue weighted by Crippen LogP contribution is 2.06. The summed E-state index contributed by atoms with van der Waals surface area (Å²) in [4.78, 5) is 11.0. The van der Waals surface area contributed by atoms with Gasteiger partial charge in [0.05, 0.1) is 33.0 Å². The molecule has 0 fully saturated rings. The molecule has 1 N–H and O–H groups in total. The summed E-state index contributed by atoms with van der Waals surface area (Å²) in [7, 11) is 0. The predicted molar refractivity (Wildman–Crippen MR) is 64.0 cm³/mol. The van der Waals surface area contributed by atoms with Gasteiger partial charge in [0.25, 0.3) is 0 Å². The van der Waals surface area contributed by atoms with E-state index in [1.54, 1.807) is 19.1 Å². The lowest BCUT2D eigenvalue weighted by atomic mass is 10.1. The van der Waals surface area contributed by atoms with Crippen LogP contribution in [0.4, 0.5) is 0 Å². The minimum Gasteiger partial charge on any atom is -0.394 e. The van der Waals surface area contributed by atoms with Gasteiger partial charge in [-0.05, 0) is 12.5 Å². The fraction of sp³-hybridized carbons (Fsp3) is 0.462. The molecular formula is C13H18O4. The van der Waals surface area contributed by atoms with E-state index in [9.17, 15) is 4.79 Å². The van der Waals surface area contributed by atoms with Gasteiger partial charge in [0, 0.05) is 5.56 Å². The Morgan fingerprint density at radius 3 is 2.35 bits per heavy atom. The number of aliphatic hydroxyl groups excluding tert-OH is 1. The first-order chi connectivity index (χ1) is 8.24. The second-order valence-corrected chi connectivity index (χ2v) is 3.64. The van der Waals surface area contributed by atoms with Gasteiger partial charge in [0.15, 0.2) is 5.78 Å². The molecule has 0 heterocycles. The van der Waals surface area contributed by atoms with Crippen LogP contribution in [0.2, 0.25) is 0 Å². The summed E-state index contributed by atoms with van der Waals surface area (Å²) in [6, 6.07) is 7.35. The fourth-order valence-electron chi connectivity index (χ4n) is 1.31. The van der Waals surface area contributed by atoms with E-state index >= 15 is 0 Å². The van der Waals surface area contributed by atoms with Gasteiger partial charge in [0.2, 0.25) is 0 Å². The summed E-state index contributed by atoms with van der Waals surface area (Å²) < 4.78 is 10.4. The van der Waals surface area contributed by atoms with Crippen LogP contribution >= 0.6 is 0 Å². The molecule has 0 unspecified atom stereocenters. The molecule has 0 amide bonds. The van der Waals surface area contributed by atoms with Crippen molar-refractivity contribution >= 4 is 5.78 Å². The molecule has 0 radical (unpaired) electrons. The molecule has 0 aliphatic carbocycles. The van der Waals surface area contributed by atoms with Crippen LogP contribution in [0.3, 0.4) is 0 Å². The van der Waals surface area contributed by atoms with Crippen molar-refractivity contribution in [2.24, 2.45) is 0 Å². The van der Waals surface area contributed by atoms with Crippen LogP contribution in [0.25, 0.3) is 0 Å². The van der Waals surface area contributed by atoms with Gasteiger partial charge in [-0.1, -0.05) is 24.3 Å². The predicted octanol–water partition coefficient (Wildman–Crippen LogP) is 1.41. The lowest BCUT2D eigenvalue weighted by Crippen LogP contribution is -2.07. The third-order valence-corrected chi connectivity index (χ3v) is 2.24. The van der Waals surface area contributed by atoms with Gasteiger partial charge in [-0.3, -0.25) is 4.79 Å². The molecule has 1 aromatic carbocycles. The van der Waals surface area contributed by atoms with Gasteiger partial charge in [-0.15, -0.1) is 0 Å². The summed E-state index contributed by atoms with van der Waals surface area (Å²) in [5.74, 6) is 0.0647.